The zero-order valence-corrected chi connectivity index (χ0v) is 12.9. The van der Waals surface area contributed by atoms with Crippen LogP contribution in [0.4, 0.5) is 4.39 Å². The van der Waals surface area contributed by atoms with E-state index in [-0.39, 0.29) is 11.9 Å². The van der Waals surface area contributed by atoms with Crippen molar-refractivity contribution in [3.05, 3.63) is 68.9 Å². The Kier molecular flexibility index (Phi) is 4.38. The third-order valence-corrected chi connectivity index (χ3v) is 4.30. The smallest absolute Gasteiger partial charge is 0.126 e. The molecule has 0 saturated heterocycles. The van der Waals surface area contributed by atoms with Crippen LogP contribution in [0.3, 0.4) is 0 Å². The second kappa shape index (κ2) is 5.85. The van der Waals surface area contributed by atoms with E-state index in [0.29, 0.717) is 5.56 Å². The first kappa shape index (κ1) is 14.2. The third-order valence-electron chi connectivity index (χ3n) is 3.44. The van der Waals surface area contributed by atoms with Crippen LogP contribution < -0.4 is 5.32 Å². The van der Waals surface area contributed by atoms with Crippen molar-refractivity contribution in [1.29, 1.82) is 0 Å². The van der Waals surface area contributed by atoms with E-state index in [0.717, 1.165) is 15.6 Å². The first-order valence-electron chi connectivity index (χ1n) is 6.23. The molecular weight excluding hydrogens is 305 g/mol. The average Bonchev–Trinajstić information content (AvgIpc) is 2.39. The first-order chi connectivity index (χ1) is 9.04. The average molecular weight is 322 g/mol. The summed E-state index contributed by atoms with van der Waals surface area (Å²) < 4.78 is 14.8. The molecule has 1 unspecified atom stereocenters. The van der Waals surface area contributed by atoms with Gasteiger partial charge in [-0.2, -0.15) is 0 Å². The van der Waals surface area contributed by atoms with Crippen LogP contribution in [-0.2, 0) is 0 Å². The van der Waals surface area contributed by atoms with Crippen LogP contribution in [0.25, 0.3) is 0 Å². The molecule has 0 heterocycles. The van der Waals surface area contributed by atoms with E-state index in [2.05, 4.69) is 34.2 Å². The predicted octanol–water partition coefficient (Wildman–Crippen LogP) is 4.51. The number of rotatable bonds is 3. The van der Waals surface area contributed by atoms with Gasteiger partial charge in [0.2, 0.25) is 0 Å². The highest BCUT2D eigenvalue weighted by atomic mass is 79.9. The first-order valence-corrected chi connectivity index (χ1v) is 7.02. The molecule has 1 N–H and O–H groups in total. The molecule has 2 aromatic carbocycles. The lowest BCUT2D eigenvalue weighted by Gasteiger charge is -2.20. The van der Waals surface area contributed by atoms with Crippen LogP contribution in [-0.4, -0.2) is 7.05 Å². The number of nitrogens with one attached hydrogen (secondary N) is 1. The van der Waals surface area contributed by atoms with Crippen LogP contribution in [0.5, 0.6) is 0 Å². The van der Waals surface area contributed by atoms with Crippen molar-refractivity contribution in [1.82, 2.24) is 5.32 Å². The third kappa shape index (κ3) is 2.88. The van der Waals surface area contributed by atoms with Gasteiger partial charge in [0.15, 0.2) is 0 Å². The second-order valence-electron chi connectivity index (χ2n) is 4.68. The molecule has 100 valence electrons. The van der Waals surface area contributed by atoms with Gasteiger partial charge in [0.1, 0.15) is 5.82 Å². The van der Waals surface area contributed by atoms with Crippen molar-refractivity contribution in [2.45, 2.75) is 19.9 Å². The summed E-state index contributed by atoms with van der Waals surface area (Å²) in [6.07, 6.45) is 0. The minimum absolute atomic E-state index is 0.00685. The maximum Gasteiger partial charge on any atom is 0.126 e. The monoisotopic (exact) mass is 321 g/mol. The molecule has 0 radical (unpaired) electrons. The SMILES string of the molecule is CNC(c1ccc(C)c(F)c1)c1cccc(Br)c1C. The molecule has 0 spiro atoms. The quantitative estimate of drug-likeness (QED) is 0.876. The number of benzene rings is 2. The normalized spacial score (nSPS) is 12.5. The van der Waals surface area contributed by atoms with Gasteiger partial charge in [-0.25, -0.2) is 4.39 Å². The standard InChI is InChI=1S/C16H17BrFN/c1-10-7-8-12(9-15(10)18)16(19-3)13-5-4-6-14(17)11(13)2/h4-9,16,19H,1-3H3. The molecule has 0 aromatic heterocycles. The van der Waals surface area contributed by atoms with Gasteiger partial charge in [0.05, 0.1) is 6.04 Å². The Balaban J connectivity index is 2.50. The van der Waals surface area contributed by atoms with Crippen LogP contribution in [0.1, 0.15) is 28.3 Å². The molecule has 2 rings (SSSR count). The molecule has 1 nitrogen and oxygen atoms in total. The summed E-state index contributed by atoms with van der Waals surface area (Å²) in [5, 5.41) is 3.26. The maximum absolute atomic E-state index is 13.7. The number of hydrogen-bond donors (Lipinski definition) is 1. The molecule has 1 atom stereocenters. The molecule has 0 fully saturated rings. The molecule has 2 aromatic rings. The minimum Gasteiger partial charge on any atom is -0.309 e. The van der Waals surface area contributed by atoms with Crippen LogP contribution in [0, 0.1) is 19.7 Å². The highest BCUT2D eigenvalue weighted by molar-refractivity contribution is 9.10. The van der Waals surface area contributed by atoms with E-state index < -0.39 is 0 Å². The second-order valence-corrected chi connectivity index (χ2v) is 5.54. The Morgan fingerprint density at radius 1 is 1.16 bits per heavy atom. The Hall–Kier alpha value is -1.19. The number of halogens is 2. The van der Waals surface area contributed by atoms with E-state index in [1.54, 1.807) is 13.0 Å². The Labute approximate surface area is 122 Å². The molecule has 0 aliphatic heterocycles. The molecular formula is C16H17BrFN. The Bertz CT molecular complexity index is 595. The molecule has 0 aliphatic carbocycles. The number of hydrogen-bond acceptors (Lipinski definition) is 1. The molecule has 0 aliphatic rings. The van der Waals surface area contributed by atoms with Gasteiger partial charge in [-0.05, 0) is 55.3 Å². The van der Waals surface area contributed by atoms with Gasteiger partial charge in [-0.3, -0.25) is 0 Å². The Morgan fingerprint density at radius 3 is 2.53 bits per heavy atom. The maximum atomic E-state index is 13.7. The summed E-state index contributed by atoms with van der Waals surface area (Å²) >= 11 is 3.54. The lowest BCUT2D eigenvalue weighted by Crippen LogP contribution is -2.19. The Morgan fingerprint density at radius 2 is 1.89 bits per heavy atom. The molecule has 0 bridgehead atoms. The largest absolute Gasteiger partial charge is 0.309 e. The van der Waals surface area contributed by atoms with Crippen LogP contribution >= 0.6 is 15.9 Å². The summed E-state index contributed by atoms with van der Waals surface area (Å²) in [6.45, 7) is 3.84. The minimum atomic E-state index is -0.162. The number of aryl methyl sites for hydroxylation is 1. The van der Waals surface area contributed by atoms with Crippen LogP contribution in [0.15, 0.2) is 40.9 Å². The van der Waals surface area contributed by atoms with E-state index in [1.165, 1.54) is 5.56 Å². The van der Waals surface area contributed by atoms with Gasteiger partial charge in [0, 0.05) is 4.47 Å². The van der Waals surface area contributed by atoms with Crippen molar-refractivity contribution in [2.24, 2.45) is 0 Å². The van der Waals surface area contributed by atoms with Crippen LogP contribution in [0.2, 0.25) is 0 Å². The van der Waals surface area contributed by atoms with Gasteiger partial charge in [-0.1, -0.05) is 40.2 Å². The zero-order chi connectivity index (χ0) is 14.0. The van der Waals surface area contributed by atoms with E-state index in [9.17, 15) is 4.39 Å². The fourth-order valence-corrected chi connectivity index (χ4v) is 2.61. The van der Waals surface area contributed by atoms with E-state index >= 15 is 0 Å². The summed E-state index contributed by atoms with van der Waals surface area (Å²) in [5.41, 5.74) is 3.93. The molecule has 19 heavy (non-hydrogen) atoms. The zero-order valence-electron chi connectivity index (χ0n) is 11.3. The lowest BCUT2D eigenvalue weighted by atomic mass is 9.94. The van der Waals surface area contributed by atoms with Gasteiger partial charge in [0.25, 0.3) is 0 Å². The molecule has 0 amide bonds. The van der Waals surface area contributed by atoms with Crippen molar-refractivity contribution in [3.8, 4) is 0 Å². The van der Waals surface area contributed by atoms with Crippen molar-refractivity contribution in [3.63, 3.8) is 0 Å². The fourth-order valence-electron chi connectivity index (χ4n) is 2.23. The van der Waals surface area contributed by atoms with Crippen molar-refractivity contribution < 1.29 is 4.39 Å². The predicted molar refractivity (Wildman–Crippen MR) is 80.9 cm³/mol. The van der Waals surface area contributed by atoms with Crippen molar-refractivity contribution in [2.75, 3.05) is 7.05 Å². The van der Waals surface area contributed by atoms with Gasteiger partial charge < -0.3 is 5.32 Å². The topological polar surface area (TPSA) is 12.0 Å². The van der Waals surface area contributed by atoms with E-state index in [1.807, 2.05) is 31.3 Å². The van der Waals surface area contributed by atoms with Gasteiger partial charge in [-0.15, -0.1) is 0 Å². The highest BCUT2D eigenvalue weighted by Gasteiger charge is 2.16. The summed E-state index contributed by atoms with van der Waals surface area (Å²) in [4.78, 5) is 0. The fraction of sp³-hybridized carbons (Fsp3) is 0.250. The lowest BCUT2D eigenvalue weighted by molar-refractivity contribution is 0.608. The van der Waals surface area contributed by atoms with E-state index in [4.69, 9.17) is 0 Å². The molecule has 3 heteroatoms. The highest BCUT2D eigenvalue weighted by Crippen LogP contribution is 2.29. The molecule has 0 saturated carbocycles. The summed E-state index contributed by atoms with van der Waals surface area (Å²) in [6, 6.07) is 11.5. The summed E-state index contributed by atoms with van der Waals surface area (Å²) in [7, 11) is 1.89. The van der Waals surface area contributed by atoms with Gasteiger partial charge >= 0.3 is 0 Å². The summed E-state index contributed by atoms with van der Waals surface area (Å²) in [5.74, 6) is -0.162. The van der Waals surface area contributed by atoms with Crippen molar-refractivity contribution >= 4 is 15.9 Å².